The molecule has 0 radical (unpaired) electrons. The van der Waals surface area contributed by atoms with Crippen molar-refractivity contribution >= 4 is 11.7 Å². The van der Waals surface area contributed by atoms with Gasteiger partial charge >= 0.3 is 0 Å². The maximum atomic E-state index is 12.1. The molecule has 114 valence electrons. The predicted molar refractivity (Wildman–Crippen MR) is 79.8 cm³/mol. The van der Waals surface area contributed by atoms with Crippen LogP contribution in [0.5, 0.6) is 11.5 Å². The highest BCUT2D eigenvalue weighted by molar-refractivity contribution is 5.96. The molecule has 0 saturated carbocycles. The summed E-state index contributed by atoms with van der Waals surface area (Å²) in [5.74, 6) is 0.907. The van der Waals surface area contributed by atoms with E-state index >= 15 is 0 Å². The normalized spacial score (nSPS) is 17.0. The van der Waals surface area contributed by atoms with E-state index in [2.05, 4.69) is 15.4 Å². The summed E-state index contributed by atoms with van der Waals surface area (Å²) in [7, 11) is 1.48. The Hall–Kier alpha value is -2.83. The van der Waals surface area contributed by atoms with Crippen LogP contribution in [0.25, 0.3) is 0 Å². The lowest BCUT2D eigenvalue weighted by molar-refractivity contribution is -0.114. The minimum absolute atomic E-state index is 0.0454. The number of allylic oxidation sites excluding steroid dienone is 2. The van der Waals surface area contributed by atoms with Crippen LogP contribution in [-0.2, 0) is 4.79 Å². The highest BCUT2D eigenvalue weighted by Gasteiger charge is 2.31. The fraction of sp³-hybridized carbons (Fsp3) is 0.267. The van der Waals surface area contributed by atoms with Gasteiger partial charge in [-0.3, -0.25) is 4.79 Å². The van der Waals surface area contributed by atoms with Crippen molar-refractivity contribution in [2.75, 3.05) is 12.4 Å². The molecule has 0 spiro atoms. The molecule has 1 atom stereocenters. The van der Waals surface area contributed by atoms with Crippen LogP contribution in [0.15, 0.2) is 35.8 Å². The van der Waals surface area contributed by atoms with Crippen molar-refractivity contribution in [3.05, 3.63) is 41.4 Å². The molecule has 1 aliphatic heterocycles. The van der Waals surface area contributed by atoms with Crippen molar-refractivity contribution in [2.45, 2.75) is 19.9 Å². The van der Waals surface area contributed by atoms with Gasteiger partial charge in [0.2, 0.25) is 5.95 Å². The molecule has 0 bridgehead atoms. The molecule has 7 heteroatoms. The van der Waals surface area contributed by atoms with Crippen LogP contribution in [0.1, 0.15) is 25.5 Å². The second-order valence-electron chi connectivity index (χ2n) is 5.08. The minimum Gasteiger partial charge on any atom is -0.504 e. The Balaban J connectivity index is 2.20. The van der Waals surface area contributed by atoms with Crippen LogP contribution in [-0.4, -0.2) is 32.8 Å². The van der Waals surface area contributed by atoms with Crippen LogP contribution >= 0.6 is 0 Å². The monoisotopic (exact) mass is 300 g/mol. The Morgan fingerprint density at radius 3 is 2.91 bits per heavy atom. The number of aromatic hydroxyl groups is 1. The van der Waals surface area contributed by atoms with Crippen molar-refractivity contribution in [1.82, 2.24) is 14.8 Å². The molecule has 0 saturated heterocycles. The van der Waals surface area contributed by atoms with E-state index in [9.17, 15) is 9.90 Å². The van der Waals surface area contributed by atoms with E-state index in [1.165, 1.54) is 20.4 Å². The first-order chi connectivity index (χ1) is 10.5. The van der Waals surface area contributed by atoms with Gasteiger partial charge in [0.1, 0.15) is 12.4 Å². The molecule has 3 rings (SSSR count). The van der Waals surface area contributed by atoms with Gasteiger partial charge in [-0.2, -0.15) is 10.1 Å². The van der Waals surface area contributed by atoms with E-state index in [0.29, 0.717) is 17.3 Å². The molecule has 0 fully saturated rings. The van der Waals surface area contributed by atoms with Gasteiger partial charge in [-0.15, -0.1) is 0 Å². The van der Waals surface area contributed by atoms with Crippen molar-refractivity contribution in [3.8, 4) is 11.5 Å². The molecule has 2 aromatic rings. The number of anilines is 1. The summed E-state index contributed by atoms with van der Waals surface area (Å²) in [5.41, 5.74) is 2.13. The lowest BCUT2D eigenvalue weighted by atomic mass is 9.93. The molecule has 1 aliphatic rings. The van der Waals surface area contributed by atoms with Gasteiger partial charge in [-0.05, 0) is 31.5 Å². The Morgan fingerprint density at radius 1 is 1.45 bits per heavy atom. The van der Waals surface area contributed by atoms with Crippen molar-refractivity contribution in [3.63, 3.8) is 0 Å². The number of carbonyl (C=O) groups is 1. The van der Waals surface area contributed by atoms with E-state index in [1.54, 1.807) is 22.9 Å². The Morgan fingerprint density at radius 2 is 2.23 bits per heavy atom. The Bertz CT molecular complexity index is 779. The van der Waals surface area contributed by atoms with Crippen molar-refractivity contribution < 1.29 is 14.6 Å². The third-order valence-corrected chi connectivity index (χ3v) is 3.69. The molecule has 2 heterocycles. The summed E-state index contributed by atoms with van der Waals surface area (Å²) in [6.07, 6.45) is 1.43. The number of nitrogens with one attached hydrogen (secondary N) is 1. The summed E-state index contributed by atoms with van der Waals surface area (Å²) < 4.78 is 6.80. The third kappa shape index (κ3) is 2.11. The third-order valence-electron chi connectivity index (χ3n) is 3.69. The predicted octanol–water partition coefficient (Wildman–Crippen LogP) is 1.87. The van der Waals surface area contributed by atoms with Gasteiger partial charge in [0, 0.05) is 11.3 Å². The fourth-order valence-electron chi connectivity index (χ4n) is 2.72. The first-order valence-electron chi connectivity index (χ1n) is 6.78. The number of benzene rings is 1. The number of rotatable bonds is 3. The quantitative estimate of drug-likeness (QED) is 0.899. The van der Waals surface area contributed by atoms with E-state index in [4.69, 9.17) is 4.74 Å². The van der Waals surface area contributed by atoms with Gasteiger partial charge in [-0.25, -0.2) is 4.68 Å². The van der Waals surface area contributed by atoms with Crippen LogP contribution in [0.3, 0.4) is 0 Å². The number of phenolic OH excluding ortho intramolecular Hbond substituents is 1. The van der Waals surface area contributed by atoms with Gasteiger partial charge in [0.05, 0.1) is 7.11 Å². The molecule has 2 N–H and O–H groups in total. The topological polar surface area (TPSA) is 89.3 Å². The standard InChI is InChI=1S/C15H16N4O3/c1-8-13(9(2)20)14(19-15(18-8)16-7-17-19)10-4-5-11(21)12(6-10)22-3/h4-7,14,21H,1-3H3,(H,16,17,18)/t14-/m1/s1. The highest BCUT2D eigenvalue weighted by atomic mass is 16.5. The van der Waals surface area contributed by atoms with E-state index < -0.39 is 6.04 Å². The molecule has 0 aliphatic carbocycles. The number of phenols is 1. The molecule has 1 aromatic carbocycles. The number of aromatic nitrogens is 3. The maximum Gasteiger partial charge on any atom is 0.226 e. The van der Waals surface area contributed by atoms with Gasteiger partial charge < -0.3 is 15.2 Å². The van der Waals surface area contributed by atoms with Gasteiger partial charge in [0.15, 0.2) is 17.3 Å². The molecule has 7 nitrogen and oxygen atoms in total. The smallest absolute Gasteiger partial charge is 0.226 e. The van der Waals surface area contributed by atoms with Gasteiger partial charge in [-0.1, -0.05) is 6.07 Å². The second-order valence-corrected chi connectivity index (χ2v) is 5.08. The lowest BCUT2D eigenvalue weighted by Gasteiger charge is -2.28. The average molecular weight is 300 g/mol. The van der Waals surface area contributed by atoms with E-state index in [0.717, 1.165) is 11.3 Å². The summed E-state index contributed by atoms with van der Waals surface area (Å²) in [6.45, 7) is 3.35. The summed E-state index contributed by atoms with van der Waals surface area (Å²) in [5, 5.41) is 17.1. The second kappa shape index (κ2) is 5.18. The highest BCUT2D eigenvalue weighted by Crippen LogP contribution is 2.38. The number of hydrogen-bond donors (Lipinski definition) is 2. The first kappa shape index (κ1) is 14.1. The van der Waals surface area contributed by atoms with Crippen molar-refractivity contribution in [1.29, 1.82) is 0 Å². The zero-order chi connectivity index (χ0) is 15.9. The lowest BCUT2D eigenvalue weighted by Crippen LogP contribution is -2.27. The number of ether oxygens (including phenoxy) is 1. The molecular formula is C15H16N4O3. The summed E-state index contributed by atoms with van der Waals surface area (Å²) in [4.78, 5) is 16.3. The summed E-state index contributed by atoms with van der Waals surface area (Å²) in [6, 6.07) is 4.58. The fourth-order valence-corrected chi connectivity index (χ4v) is 2.72. The number of hydrogen-bond acceptors (Lipinski definition) is 6. The van der Waals surface area contributed by atoms with Crippen LogP contribution in [0, 0.1) is 0 Å². The molecule has 0 unspecified atom stereocenters. The average Bonchev–Trinajstić information content (AvgIpc) is 2.94. The zero-order valence-electron chi connectivity index (χ0n) is 12.5. The Labute approximate surface area is 127 Å². The number of nitrogens with zero attached hydrogens (tertiary/aromatic N) is 3. The molecule has 1 aromatic heterocycles. The summed E-state index contributed by atoms with van der Waals surface area (Å²) >= 11 is 0. The van der Waals surface area contributed by atoms with Crippen molar-refractivity contribution in [2.24, 2.45) is 0 Å². The Kier molecular flexibility index (Phi) is 3.32. The van der Waals surface area contributed by atoms with Gasteiger partial charge in [0.25, 0.3) is 0 Å². The van der Waals surface area contributed by atoms with Crippen LogP contribution in [0.2, 0.25) is 0 Å². The maximum absolute atomic E-state index is 12.1. The minimum atomic E-state index is -0.411. The van der Waals surface area contributed by atoms with Crippen LogP contribution in [0.4, 0.5) is 5.95 Å². The van der Waals surface area contributed by atoms with E-state index in [-0.39, 0.29) is 11.5 Å². The van der Waals surface area contributed by atoms with Crippen LogP contribution < -0.4 is 10.1 Å². The first-order valence-corrected chi connectivity index (χ1v) is 6.78. The zero-order valence-corrected chi connectivity index (χ0v) is 12.5. The number of methoxy groups -OCH3 is 1. The number of fused-ring (bicyclic) bond motifs is 1. The number of carbonyl (C=O) groups excluding carboxylic acids is 1. The molecule has 0 amide bonds. The largest absolute Gasteiger partial charge is 0.504 e. The van der Waals surface area contributed by atoms with E-state index in [1.807, 2.05) is 6.92 Å². The molecular weight excluding hydrogens is 284 g/mol. The number of ketones is 1. The number of Topliss-reactive ketones (excluding diaryl/α,β-unsaturated/α-hetero) is 1. The molecule has 22 heavy (non-hydrogen) atoms. The SMILES string of the molecule is COc1cc([C@@H]2C(C(C)=O)=C(C)Nc3ncnn32)ccc1O.